The highest BCUT2D eigenvalue weighted by Gasteiger charge is 2.56. The van der Waals surface area contributed by atoms with Crippen LogP contribution in [0.2, 0.25) is 0 Å². The molecule has 7 N–H and O–H groups in total. The molecule has 3 rings (SSSR count). The molecule has 0 radical (unpaired) electrons. The zero-order valence-corrected chi connectivity index (χ0v) is 13.2. The zero-order valence-electron chi connectivity index (χ0n) is 12.5. The van der Waals surface area contributed by atoms with Gasteiger partial charge in [0.2, 0.25) is 5.95 Å². The van der Waals surface area contributed by atoms with Crippen LogP contribution in [0.25, 0.3) is 11.2 Å². The van der Waals surface area contributed by atoms with Crippen molar-refractivity contribution in [3.63, 3.8) is 0 Å². The van der Waals surface area contributed by atoms with Gasteiger partial charge >= 0.3 is 0 Å². The van der Waals surface area contributed by atoms with Gasteiger partial charge in [0, 0.05) is 5.38 Å². The van der Waals surface area contributed by atoms with Crippen LogP contribution in [-0.2, 0) is 4.74 Å². The lowest BCUT2D eigenvalue weighted by atomic mass is 9.90. The Morgan fingerprint density at radius 2 is 2.33 bits per heavy atom. The highest BCUT2D eigenvalue weighted by molar-refractivity contribution is 6.30. The Morgan fingerprint density at radius 1 is 1.62 bits per heavy atom. The maximum absolute atomic E-state index is 11.9. The number of aliphatic hydroxyl groups is 2. The average Bonchev–Trinajstić information content (AvgIpc) is 3.00. The minimum absolute atomic E-state index is 0.0176. The molecule has 0 amide bonds. The smallest absolute Gasteiger partial charge is 0.280 e. The molecule has 2 aromatic rings. The number of nitrogens with zero attached hydrogens (tertiary/aromatic N) is 3. The molecule has 0 bridgehead atoms. The fourth-order valence-corrected chi connectivity index (χ4v) is 2.92. The summed E-state index contributed by atoms with van der Waals surface area (Å²) in [5, 5.41) is 22.4. The molecule has 1 aliphatic rings. The second-order valence-electron chi connectivity index (χ2n) is 5.57. The lowest BCUT2D eigenvalue weighted by Gasteiger charge is -2.27. The van der Waals surface area contributed by atoms with Gasteiger partial charge in [-0.05, 0) is 18.5 Å². The Morgan fingerprint density at radius 3 is 2.96 bits per heavy atom. The molecule has 128 valence electrons. The number of hydrogen-bond acceptors (Lipinski definition) is 8. The van der Waals surface area contributed by atoms with E-state index in [4.69, 9.17) is 27.8 Å². The van der Waals surface area contributed by atoms with E-state index < -0.39 is 35.6 Å². The van der Waals surface area contributed by atoms with E-state index in [0.29, 0.717) is 0 Å². The van der Waals surface area contributed by atoms with Crippen LogP contribution in [0.3, 0.4) is 0 Å². The summed E-state index contributed by atoms with van der Waals surface area (Å²) in [6.07, 6.45) is -3.22. The molecule has 0 saturated carbocycles. The van der Waals surface area contributed by atoms with Gasteiger partial charge in [-0.2, -0.15) is 4.98 Å². The third-order valence-corrected chi connectivity index (χ3v) is 4.03. The van der Waals surface area contributed by atoms with Gasteiger partial charge in [0.1, 0.15) is 12.2 Å². The van der Waals surface area contributed by atoms with Crippen LogP contribution >= 0.6 is 11.6 Å². The van der Waals surface area contributed by atoms with Crippen molar-refractivity contribution in [3.8, 4) is 11.3 Å². The number of anilines is 1. The molecular weight excluding hydrogens is 340 g/mol. The maximum atomic E-state index is 11.9. The minimum atomic E-state index is -1.66. The van der Waals surface area contributed by atoms with E-state index >= 15 is 0 Å². The van der Waals surface area contributed by atoms with E-state index in [9.17, 15) is 15.0 Å². The molecule has 5 atom stereocenters. The Bertz CT molecular complexity index is 899. The second kappa shape index (κ2) is 5.73. The molecule has 1 aliphatic heterocycles. The van der Waals surface area contributed by atoms with Gasteiger partial charge in [-0.1, -0.05) is 5.92 Å². The first-order valence-corrected chi connectivity index (χ1v) is 7.33. The second-order valence-corrected chi connectivity index (χ2v) is 5.76. The molecule has 11 heteroatoms. The van der Waals surface area contributed by atoms with Crippen LogP contribution in [0.15, 0.2) is 11.1 Å². The number of imidazole rings is 1. The number of H-pyrrole nitrogens is 1. The van der Waals surface area contributed by atoms with Crippen LogP contribution in [0.1, 0.15) is 13.2 Å². The number of ether oxygens (including phenoxy) is 1. The van der Waals surface area contributed by atoms with Crippen molar-refractivity contribution in [2.45, 2.75) is 37.0 Å². The molecule has 1 fully saturated rings. The van der Waals surface area contributed by atoms with Crippen LogP contribution < -0.4 is 17.0 Å². The largest absolute Gasteiger partial charge is 0.391 e. The molecule has 24 heavy (non-hydrogen) atoms. The van der Waals surface area contributed by atoms with Gasteiger partial charge in [-0.15, -0.1) is 0 Å². The lowest BCUT2D eigenvalue weighted by Crippen LogP contribution is -2.54. The summed E-state index contributed by atoms with van der Waals surface area (Å²) in [5.41, 5.74) is 9.70. The fraction of sp³-hybridized carbons (Fsp3) is 0.462. The highest BCUT2D eigenvalue weighted by atomic mass is 35.5. The van der Waals surface area contributed by atoms with Crippen LogP contribution in [0.5, 0.6) is 0 Å². The third kappa shape index (κ3) is 2.34. The van der Waals surface area contributed by atoms with E-state index in [2.05, 4.69) is 26.3 Å². The average molecular weight is 355 g/mol. The quantitative estimate of drug-likeness (QED) is 0.395. The summed E-state index contributed by atoms with van der Waals surface area (Å²) in [6.45, 7) is 1.44. The van der Waals surface area contributed by atoms with Crippen LogP contribution in [0.4, 0.5) is 5.95 Å². The van der Waals surface area contributed by atoms with Crippen molar-refractivity contribution in [2.24, 2.45) is 5.73 Å². The van der Waals surface area contributed by atoms with Gasteiger partial charge < -0.3 is 26.4 Å². The summed E-state index contributed by atoms with van der Waals surface area (Å²) in [5.74, 6) is 2.38. The van der Waals surface area contributed by atoms with Crippen LogP contribution in [-0.4, -0.2) is 53.6 Å². The van der Waals surface area contributed by atoms with E-state index in [1.54, 1.807) is 0 Å². The summed E-state index contributed by atoms with van der Waals surface area (Å²) >= 11 is 5.47. The predicted octanol–water partition coefficient (Wildman–Crippen LogP) is -1.76. The lowest BCUT2D eigenvalue weighted by molar-refractivity contribution is -0.0756. The Balaban J connectivity index is 2.20. The number of aliphatic hydroxyl groups excluding tert-OH is 2. The zero-order chi connectivity index (χ0) is 17.6. The number of halogens is 1. The van der Waals surface area contributed by atoms with Crippen LogP contribution in [0, 0.1) is 11.3 Å². The van der Waals surface area contributed by atoms with Gasteiger partial charge in [0.15, 0.2) is 22.9 Å². The highest BCUT2D eigenvalue weighted by Crippen LogP contribution is 2.38. The molecule has 1 unspecified atom stereocenters. The topological polar surface area (TPSA) is 165 Å². The first kappa shape index (κ1) is 16.7. The van der Waals surface area contributed by atoms with Crippen molar-refractivity contribution < 1.29 is 14.9 Å². The Kier molecular flexibility index (Phi) is 3.98. The van der Waals surface area contributed by atoms with Gasteiger partial charge in [-0.3, -0.25) is 14.3 Å². The Labute approximate surface area is 140 Å². The summed E-state index contributed by atoms with van der Waals surface area (Å²) in [6, 6.07) is 0. The number of nitrogen functional groups attached to an aromatic ring is 1. The third-order valence-electron chi connectivity index (χ3n) is 3.94. The van der Waals surface area contributed by atoms with E-state index in [1.165, 1.54) is 17.8 Å². The van der Waals surface area contributed by atoms with Crippen molar-refractivity contribution in [1.29, 1.82) is 0 Å². The summed E-state index contributed by atoms with van der Waals surface area (Å²) in [4.78, 5) is 22.2. The predicted molar refractivity (Wildman–Crippen MR) is 84.7 cm³/mol. The first-order valence-electron chi connectivity index (χ1n) is 6.95. The van der Waals surface area contributed by atoms with Gasteiger partial charge in [0.25, 0.3) is 5.56 Å². The molecule has 3 heterocycles. The molecule has 0 aromatic carbocycles. The minimum Gasteiger partial charge on any atom is -0.391 e. The van der Waals surface area contributed by atoms with Crippen molar-refractivity contribution in [2.75, 3.05) is 5.73 Å². The molecule has 1 saturated heterocycles. The van der Waals surface area contributed by atoms with Crippen molar-refractivity contribution in [1.82, 2.24) is 19.5 Å². The number of nitrogens with one attached hydrogen (secondary N) is 1. The first-order chi connectivity index (χ1) is 11.3. The number of aromatic nitrogens is 4. The normalized spacial score (nSPS) is 31.0. The van der Waals surface area contributed by atoms with Crippen molar-refractivity contribution >= 4 is 28.7 Å². The molecule has 0 aliphatic carbocycles. The SMILES string of the molecule is C[C@H](O)[C@H]1O[C@@H](n2cnc3c(=O)[nH]c(N)nc32)C(N)(C#CCl)[C@H]1O. The standard InChI is InChI=1S/C13H15ClN6O4/c1-5(21)7-8(22)13(16,2-3-14)11(24-7)20-4-17-6-9(20)18-12(15)19-10(6)23/h4-5,7-8,11,21-22H,16H2,1H3,(H3,15,18,19,23)/t5-,7+,8-,11+,13?/m0/s1. The van der Waals surface area contributed by atoms with E-state index in [1.807, 2.05) is 0 Å². The number of aromatic amines is 1. The molecule has 0 spiro atoms. The molecule has 10 nitrogen and oxygen atoms in total. The number of hydrogen-bond donors (Lipinski definition) is 5. The Hall–Kier alpha value is -2.16. The van der Waals surface area contributed by atoms with Crippen molar-refractivity contribution in [3.05, 3.63) is 16.7 Å². The van der Waals surface area contributed by atoms with Gasteiger partial charge in [0.05, 0.1) is 12.4 Å². The summed E-state index contributed by atoms with van der Waals surface area (Å²) in [7, 11) is 0. The molecule has 2 aromatic heterocycles. The fourth-order valence-electron chi connectivity index (χ4n) is 2.76. The number of nitrogens with two attached hydrogens (primary N) is 2. The monoisotopic (exact) mass is 354 g/mol. The summed E-state index contributed by atoms with van der Waals surface area (Å²) < 4.78 is 7.01. The molecular formula is C13H15ClN6O4. The maximum Gasteiger partial charge on any atom is 0.280 e. The number of fused-ring (bicyclic) bond motifs is 1. The van der Waals surface area contributed by atoms with E-state index in [0.717, 1.165) is 0 Å². The van der Waals surface area contributed by atoms with Gasteiger partial charge in [-0.25, -0.2) is 4.98 Å². The van der Waals surface area contributed by atoms with E-state index in [-0.39, 0.29) is 17.1 Å². The number of rotatable bonds is 2.